The summed E-state index contributed by atoms with van der Waals surface area (Å²) in [6, 6.07) is 0. The molecule has 2 rings (SSSR count). The van der Waals surface area contributed by atoms with Crippen LogP contribution in [-0.4, -0.2) is 12.7 Å². The molecule has 0 unspecified atom stereocenters. The Balaban J connectivity index is 1.48. The zero-order valence-corrected chi connectivity index (χ0v) is 16.7. The molecule has 0 radical (unpaired) electrons. The van der Waals surface area contributed by atoms with E-state index in [4.69, 9.17) is 4.74 Å². The topological polar surface area (TPSA) is 9.23 Å². The van der Waals surface area contributed by atoms with Crippen molar-refractivity contribution in [2.75, 3.05) is 6.61 Å². The first kappa shape index (κ1) is 20.3. The molecule has 0 saturated heterocycles. The van der Waals surface area contributed by atoms with Gasteiger partial charge >= 0.3 is 0 Å². The van der Waals surface area contributed by atoms with Crippen LogP contribution in [0.2, 0.25) is 0 Å². The van der Waals surface area contributed by atoms with E-state index in [1.165, 1.54) is 103 Å². The largest absolute Gasteiger partial charge is 0.379 e. The van der Waals surface area contributed by atoms with Crippen LogP contribution in [0.15, 0.2) is 0 Å². The van der Waals surface area contributed by atoms with E-state index < -0.39 is 0 Å². The van der Waals surface area contributed by atoms with Gasteiger partial charge < -0.3 is 4.74 Å². The molecule has 1 nitrogen and oxygen atoms in total. The van der Waals surface area contributed by atoms with Crippen LogP contribution in [0.5, 0.6) is 0 Å². The lowest BCUT2D eigenvalue weighted by Gasteiger charge is -2.32. The summed E-state index contributed by atoms with van der Waals surface area (Å²) < 4.78 is 5.79. The molecule has 2 aliphatic rings. The highest BCUT2D eigenvalue weighted by molar-refractivity contribution is 4.77. The van der Waals surface area contributed by atoms with E-state index >= 15 is 0 Å². The molecule has 0 spiro atoms. The van der Waals surface area contributed by atoms with Gasteiger partial charge in [-0.25, -0.2) is 0 Å². The summed E-state index contributed by atoms with van der Waals surface area (Å²) in [7, 11) is 0. The lowest BCUT2D eigenvalue weighted by atomic mass is 9.76. The lowest BCUT2D eigenvalue weighted by molar-refractivity contribution is 0.0238. The zero-order chi connectivity index (χ0) is 17.0. The Kier molecular flexibility index (Phi) is 10.4. The Bertz CT molecular complexity index is 284. The SMILES string of the molecule is CCCCCCCC1CCC(CCC2CCC(OCC)CC2)CC1. The van der Waals surface area contributed by atoms with Crippen molar-refractivity contribution in [2.24, 2.45) is 17.8 Å². The van der Waals surface area contributed by atoms with Crippen molar-refractivity contribution in [3.05, 3.63) is 0 Å². The van der Waals surface area contributed by atoms with Crippen LogP contribution >= 0.6 is 0 Å². The molecule has 0 atom stereocenters. The molecule has 0 N–H and O–H groups in total. The molecular weight excluding hydrogens is 292 g/mol. The Hall–Kier alpha value is -0.0400. The number of rotatable bonds is 11. The Morgan fingerprint density at radius 2 is 1.08 bits per heavy atom. The van der Waals surface area contributed by atoms with E-state index in [0.717, 1.165) is 24.4 Å². The maximum atomic E-state index is 5.79. The second-order valence-corrected chi connectivity index (χ2v) is 8.77. The van der Waals surface area contributed by atoms with Crippen LogP contribution in [0.4, 0.5) is 0 Å². The van der Waals surface area contributed by atoms with Crippen molar-refractivity contribution in [3.8, 4) is 0 Å². The fourth-order valence-electron chi connectivity index (χ4n) is 5.14. The van der Waals surface area contributed by atoms with Crippen molar-refractivity contribution >= 4 is 0 Å². The third kappa shape index (κ3) is 7.89. The predicted molar refractivity (Wildman–Crippen MR) is 105 cm³/mol. The molecule has 2 saturated carbocycles. The zero-order valence-electron chi connectivity index (χ0n) is 16.7. The quantitative estimate of drug-likeness (QED) is 0.354. The monoisotopic (exact) mass is 336 g/mol. The summed E-state index contributed by atoms with van der Waals surface area (Å²) in [6.45, 7) is 5.34. The Morgan fingerprint density at radius 3 is 1.62 bits per heavy atom. The van der Waals surface area contributed by atoms with Gasteiger partial charge in [-0.3, -0.25) is 0 Å². The minimum Gasteiger partial charge on any atom is -0.379 e. The molecule has 0 aromatic heterocycles. The van der Waals surface area contributed by atoms with E-state index in [-0.39, 0.29) is 0 Å². The van der Waals surface area contributed by atoms with Gasteiger partial charge in [-0.2, -0.15) is 0 Å². The second kappa shape index (κ2) is 12.3. The van der Waals surface area contributed by atoms with Crippen LogP contribution in [0.3, 0.4) is 0 Å². The molecule has 0 heterocycles. The first-order valence-electron chi connectivity index (χ1n) is 11.4. The fraction of sp³-hybridized carbons (Fsp3) is 1.00. The number of unbranched alkanes of at least 4 members (excludes halogenated alkanes) is 4. The average molecular weight is 337 g/mol. The smallest absolute Gasteiger partial charge is 0.0575 e. The summed E-state index contributed by atoms with van der Waals surface area (Å²) >= 11 is 0. The molecule has 0 aliphatic heterocycles. The third-order valence-electron chi connectivity index (χ3n) is 6.86. The predicted octanol–water partition coefficient (Wildman–Crippen LogP) is 7.53. The lowest BCUT2D eigenvalue weighted by Crippen LogP contribution is -2.22. The van der Waals surface area contributed by atoms with Crippen LogP contribution in [0.1, 0.15) is 117 Å². The molecule has 142 valence electrons. The highest BCUT2D eigenvalue weighted by Crippen LogP contribution is 2.37. The number of hydrogen-bond acceptors (Lipinski definition) is 1. The summed E-state index contributed by atoms with van der Waals surface area (Å²) in [6.07, 6.45) is 24.1. The summed E-state index contributed by atoms with van der Waals surface area (Å²) in [5.74, 6) is 3.15. The van der Waals surface area contributed by atoms with Crippen molar-refractivity contribution < 1.29 is 4.74 Å². The molecule has 1 heteroatoms. The third-order valence-corrected chi connectivity index (χ3v) is 6.86. The first-order chi connectivity index (χ1) is 11.8. The van der Waals surface area contributed by atoms with Gasteiger partial charge in [0, 0.05) is 6.61 Å². The Morgan fingerprint density at radius 1 is 0.583 bits per heavy atom. The van der Waals surface area contributed by atoms with E-state index in [9.17, 15) is 0 Å². The molecule has 0 aromatic carbocycles. The van der Waals surface area contributed by atoms with Gasteiger partial charge in [0.25, 0.3) is 0 Å². The maximum Gasteiger partial charge on any atom is 0.0575 e. The summed E-state index contributed by atoms with van der Waals surface area (Å²) in [5, 5.41) is 0. The van der Waals surface area contributed by atoms with Crippen molar-refractivity contribution in [2.45, 2.75) is 123 Å². The van der Waals surface area contributed by atoms with Crippen LogP contribution in [-0.2, 0) is 4.74 Å². The van der Waals surface area contributed by atoms with Gasteiger partial charge in [0.15, 0.2) is 0 Å². The van der Waals surface area contributed by atoms with Crippen molar-refractivity contribution in [1.29, 1.82) is 0 Å². The minimum absolute atomic E-state index is 0.582. The molecule has 24 heavy (non-hydrogen) atoms. The van der Waals surface area contributed by atoms with E-state index in [1.54, 1.807) is 0 Å². The van der Waals surface area contributed by atoms with Gasteiger partial charge in [-0.1, -0.05) is 84.0 Å². The van der Waals surface area contributed by atoms with Gasteiger partial charge in [-0.15, -0.1) is 0 Å². The van der Waals surface area contributed by atoms with Crippen molar-refractivity contribution in [1.82, 2.24) is 0 Å². The molecule has 0 aromatic rings. The molecule has 0 amide bonds. The standard InChI is InChI=1S/C23H44O/c1-3-5-6-7-8-9-20-10-12-21(13-11-20)14-15-22-16-18-23(19-17-22)24-4-2/h20-23H,3-19H2,1-2H3. The van der Waals surface area contributed by atoms with Crippen LogP contribution in [0.25, 0.3) is 0 Å². The highest BCUT2D eigenvalue weighted by Gasteiger charge is 2.24. The van der Waals surface area contributed by atoms with Gasteiger partial charge in [0.1, 0.15) is 0 Å². The maximum absolute atomic E-state index is 5.79. The minimum atomic E-state index is 0.582. The first-order valence-corrected chi connectivity index (χ1v) is 11.4. The average Bonchev–Trinajstić information content (AvgIpc) is 2.62. The molecular formula is C23H44O. The Labute approximate surface area is 152 Å². The molecule has 0 bridgehead atoms. The van der Waals surface area contributed by atoms with Gasteiger partial charge in [0.2, 0.25) is 0 Å². The van der Waals surface area contributed by atoms with Crippen molar-refractivity contribution in [3.63, 3.8) is 0 Å². The van der Waals surface area contributed by atoms with E-state index in [1.807, 2.05) is 0 Å². The summed E-state index contributed by atoms with van der Waals surface area (Å²) in [5.41, 5.74) is 0. The molecule has 2 fully saturated rings. The number of ether oxygens (including phenoxy) is 1. The summed E-state index contributed by atoms with van der Waals surface area (Å²) in [4.78, 5) is 0. The second-order valence-electron chi connectivity index (χ2n) is 8.77. The van der Waals surface area contributed by atoms with Gasteiger partial charge in [0.05, 0.1) is 6.10 Å². The van der Waals surface area contributed by atoms with E-state index in [2.05, 4.69) is 13.8 Å². The fourth-order valence-corrected chi connectivity index (χ4v) is 5.14. The highest BCUT2D eigenvalue weighted by atomic mass is 16.5. The van der Waals surface area contributed by atoms with Gasteiger partial charge in [-0.05, 0) is 50.4 Å². The normalized spacial score (nSPS) is 31.2. The number of hydrogen-bond donors (Lipinski definition) is 0. The van der Waals surface area contributed by atoms with Crippen LogP contribution in [0, 0.1) is 17.8 Å². The molecule has 2 aliphatic carbocycles. The van der Waals surface area contributed by atoms with E-state index in [0.29, 0.717) is 6.10 Å². The van der Waals surface area contributed by atoms with Crippen LogP contribution < -0.4 is 0 Å².